The molecule has 0 aromatic heterocycles. The zero-order valence-electron chi connectivity index (χ0n) is 14.6. The number of nitrogens with one attached hydrogen (secondary N) is 1. The summed E-state index contributed by atoms with van der Waals surface area (Å²) in [5, 5.41) is 2.02. The maximum atomic E-state index is 13.2. The third-order valence-electron chi connectivity index (χ3n) is 4.44. The molecule has 2 aromatic carbocycles. The van der Waals surface area contributed by atoms with Gasteiger partial charge in [-0.15, -0.1) is 12.4 Å². The Labute approximate surface area is 159 Å². The van der Waals surface area contributed by atoms with Crippen LogP contribution in [-0.2, 0) is 0 Å². The number of hydrazine groups is 1. The standard InChI is InChI=1S/C20H23F2N3.ClH/c21-18-8-4-16(5-9-18)20(17-6-10-19(22)11-7-17)3-1-13-24-25-14-2-12-23-15-25;/h4-11,15,20,24H,1-3,12-14H2;1H. The van der Waals surface area contributed by atoms with Gasteiger partial charge >= 0.3 is 0 Å². The van der Waals surface area contributed by atoms with Gasteiger partial charge in [0.15, 0.2) is 0 Å². The zero-order chi connectivity index (χ0) is 17.5. The summed E-state index contributed by atoms with van der Waals surface area (Å²) in [6, 6.07) is 13.2. The van der Waals surface area contributed by atoms with Crippen molar-refractivity contribution in [3.8, 4) is 0 Å². The van der Waals surface area contributed by atoms with Gasteiger partial charge in [0, 0.05) is 25.6 Å². The topological polar surface area (TPSA) is 27.6 Å². The molecule has 140 valence electrons. The fraction of sp³-hybridized carbons (Fsp3) is 0.350. The maximum absolute atomic E-state index is 13.2. The van der Waals surface area contributed by atoms with Gasteiger partial charge in [-0.1, -0.05) is 24.3 Å². The van der Waals surface area contributed by atoms with Crippen molar-refractivity contribution in [2.24, 2.45) is 4.99 Å². The van der Waals surface area contributed by atoms with Crippen LogP contribution in [0.2, 0.25) is 0 Å². The summed E-state index contributed by atoms with van der Waals surface area (Å²) in [5.41, 5.74) is 5.46. The molecule has 3 nitrogen and oxygen atoms in total. The van der Waals surface area contributed by atoms with Crippen LogP contribution in [0.3, 0.4) is 0 Å². The highest BCUT2D eigenvalue weighted by molar-refractivity contribution is 5.85. The summed E-state index contributed by atoms with van der Waals surface area (Å²) in [6.07, 6.45) is 4.76. The smallest absolute Gasteiger partial charge is 0.123 e. The lowest BCUT2D eigenvalue weighted by Gasteiger charge is -2.24. The number of halogens is 3. The first-order chi connectivity index (χ1) is 12.2. The molecule has 0 spiro atoms. The van der Waals surface area contributed by atoms with E-state index in [9.17, 15) is 8.78 Å². The van der Waals surface area contributed by atoms with E-state index in [0.717, 1.165) is 50.0 Å². The lowest BCUT2D eigenvalue weighted by molar-refractivity contribution is 0.298. The highest BCUT2D eigenvalue weighted by atomic mass is 35.5. The molecule has 6 heteroatoms. The first-order valence-corrected chi connectivity index (χ1v) is 8.73. The summed E-state index contributed by atoms with van der Waals surface area (Å²) >= 11 is 0. The van der Waals surface area contributed by atoms with Gasteiger partial charge in [-0.25, -0.2) is 14.2 Å². The molecule has 0 bridgehead atoms. The van der Waals surface area contributed by atoms with Gasteiger partial charge in [0.25, 0.3) is 0 Å². The number of rotatable bonds is 7. The largest absolute Gasteiger partial charge is 0.299 e. The molecule has 0 atom stereocenters. The summed E-state index contributed by atoms with van der Waals surface area (Å²) in [5.74, 6) is -0.363. The molecule has 0 amide bonds. The van der Waals surface area contributed by atoms with Crippen LogP contribution in [0.15, 0.2) is 53.5 Å². The Hall–Kier alpha value is -1.98. The van der Waals surface area contributed by atoms with E-state index in [2.05, 4.69) is 10.4 Å². The second-order valence-corrected chi connectivity index (χ2v) is 6.27. The van der Waals surface area contributed by atoms with Crippen LogP contribution >= 0.6 is 12.4 Å². The van der Waals surface area contributed by atoms with Crippen LogP contribution in [0, 0.1) is 11.6 Å². The Morgan fingerprint density at radius 2 is 1.54 bits per heavy atom. The van der Waals surface area contributed by atoms with Gasteiger partial charge in [-0.2, -0.15) is 0 Å². The monoisotopic (exact) mass is 379 g/mol. The molecule has 0 unspecified atom stereocenters. The summed E-state index contributed by atoms with van der Waals surface area (Å²) in [7, 11) is 0. The van der Waals surface area contributed by atoms with Gasteiger partial charge in [0.2, 0.25) is 0 Å². The van der Waals surface area contributed by atoms with E-state index >= 15 is 0 Å². The van der Waals surface area contributed by atoms with E-state index in [4.69, 9.17) is 0 Å². The minimum atomic E-state index is -0.243. The fourth-order valence-corrected chi connectivity index (χ4v) is 3.11. The number of hydrogen-bond donors (Lipinski definition) is 1. The summed E-state index contributed by atoms with van der Waals surface area (Å²) < 4.78 is 26.5. The van der Waals surface area contributed by atoms with E-state index in [-0.39, 0.29) is 30.0 Å². The van der Waals surface area contributed by atoms with Crippen LogP contribution in [0.4, 0.5) is 8.78 Å². The Balaban J connectivity index is 0.00000243. The third kappa shape index (κ3) is 5.78. The molecule has 0 fully saturated rings. The quantitative estimate of drug-likeness (QED) is 0.715. The number of benzene rings is 2. The van der Waals surface area contributed by atoms with Crippen LogP contribution in [-0.4, -0.2) is 31.0 Å². The highest BCUT2D eigenvalue weighted by Crippen LogP contribution is 2.29. The molecule has 1 heterocycles. The van der Waals surface area contributed by atoms with E-state index in [1.165, 1.54) is 24.3 Å². The molecule has 1 N–H and O–H groups in total. The van der Waals surface area contributed by atoms with Crippen molar-refractivity contribution in [1.82, 2.24) is 10.4 Å². The Bertz CT molecular complexity index is 644. The molecule has 0 saturated carbocycles. The van der Waals surface area contributed by atoms with Crippen LogP contribution < -0.4 is 5.43 Å². The highest BCUT2D eigenvalue weighted by Gasteiger charge is 2.14. The molecule has 0 radical (unpaired) electrons. The Kier molecular flexibility index (Phi) is 8.01. The summed E-state index contributed by atoms with van der Waals surface area (Å²) in [4.78, 5) is 4.25. The molecule has 3 rings (SSSR count). The van der Waals surface area contributed by atoms with Gasteiger partial charge in [-0.05, 0) is 54.7 Å². The Morgan fingerprint density at radius 3 is 2.04 bits per heavy atom. The minimum absolute atomic E-state index is 0. The number of aliphatic imine (C=N–C) groups is 1. The molecular weight excluding hydrogens is 356 g/mol. The van der Waals surface area contributed by atoms with Crippen molar-refractivity contribution in [3.63, 3.8) is 0 Å². The molecule has 1 aliphatic heterocycles. The van der Waals surface area contributed by atoms with E-state index in [1.54, 1.807) is 0 Å². The van der Waals surface area contributed by atoms with Crippen LogP contribution in [0.1, 0.15) is 36.3 Å². The molecule has 0 saturated heterocycles. The number of hydrogen-bond acceptors (Lipinski definition) is 3. The van der Waals surface area contributed by atoms with Crippen molar-refractivity contribution >= 4 is 18.7 Å². The molecule has 2 aromatic rings. The van der Waals surface area contributed by atoms with Gasteiger partial charge in [-0.3, -0.25) is 10.0 Å². The second-order valence-electron chi connectivity index (χ2n) is 6.27. The molecular formula is C20H24ClF2N3. The third-order valence-corrected chi connectivity index (χ3v) is 4.44. The van der Waals surface area contributed by atoms with Gasteiger partial charge in [0.05, 0.1) is 6.34 Å². The lowest BCUT2D eigenvalue weighted by atomic mass is 9.87. The SMILES string of the molecule is Cl.Fc1ccc(C(CCCNN2C=NCCC2)c2ccc(F)cc2)cc1. The number of nitrogens with zero attached hydrogens (tertiary/aromatic N) is 2. The van der Waals surface area contributed by atoms with Crippen molar-refractivity contribution in [2.45, 2.75) is 25.2 Å². The second kappa shape index (κ2) is 10.2. The van der Waals surface area contributed by atoms with Crippen LogP contribution in [0.5, 0.6) is 0 Å². The lowest BCUT2D eigenvalue weighted by Crippen LogP contribution is -2.40. The van der Waals surface area contributed by atoms with Gasteiger partial charge in [0.1, 0.15) is 11.6 Å². The zero-order valence-corrected chi connectivity index (χ0v) is 15.4. The van der Waals surface area contributed by atoms with E-state index in [0.29, 0.717) is 0 Å². The Morgan fingerprint density at radius 1 is 0.962 bits per heavy atom. The normalized spacial score (nSPS) is 13.7. The first-order valence-electron chi connectivity index (χ1n) is 8.73. The molecule has 0 aliphatic carbocycles. The average molecular weight is 380 g/mol. The van der Waals surface area contributed by atoms with E-state index in [1.807, 2.05) is 35.6 Å². The van der Waals surface area contributed by atoms with Crippen molar-refractivity contribution in [1.29, 1.82) is 0 Å². The average Bonchev–Trinajstić information content (AvgIpc) is 2.65. The minimum Gasteiger partial charge on any atom is -0.299 e. The molecule has 26 heavy (non-hydrogen) atoms. The van der Waals surface area contributed by atoms with E-state index < -0.39 is 0 Å². The van der Waals surface area contributed by atoms with Crippen molar-refractivity contribution in [2.75, 3.05) is 19.6 Å². The summed E-state index contributed by atoms with van der Waals surface area (Å²) in [6.45, 7) is 2.71. The predicted molar refractivity (Wildman–Crippen MR) is 104 cm³/mol. The van der Waals surface area contributed by atoms with Crippen LogP contribution in [0.25, 0.3) is 0 Å². The van der Waals surface area contributed by atoms with Gasteiger partial charge < -0.3 is 0 Å². The van der Waals surface area contributed by atoms with Crippen molar-refractivity contribution < 1.29 is 8.78 Å². The first kappa shape index (κ1) is 20.3. The maximum Gasteiger partial charge on any atom is 0.123 e. The van der Waals surface area contributed by atoms with Crippen molar-refractivity contribution in [3.05, 3.63) is 71.3 Å². The predicted octanol–water partition coefficient (Wildman–Crippen LogP) is 4.54. The fourth-order valence-electron chi connectivity index (χ4n) is 3.11. The molecule has 1 aliphatic rings.